The summed E-state index contributed by atoms with van der Waals surface area (Å²) in [6, 6.07) is 26.5. The molecule has 4 nitrogen and oxygen atoms in total. The van der Waals surface area contributed by atoms with Crippen LogP contribution in [0.25, 0.3) is 0 Å². The molecular weight excluding hydrogens is 356 g/mol. The number of nitrogens with zero attached hydrogens (tertiary/aromatic N) is 1. The Balaban J connectivity index is 1.77. The molecule has 0 radical (unpaired) electrons. The van der Waals surface area contributed by atoms with Crippen LogP contribution in [0.4, 0.5) is 11.4 Å². The molecule has 0 aliphatic rings. The molecule has 0 fully saturated rings. The van der Waals surface area contributed by atoms with Gasteiger partial charge in [-0.25, -0.2) is 0 Å². The van der Waals surface area contributed by atoms with Crippen LogP contribution in [0.3, 0.4) is 0 Å². The Morgan fingerprint density at radius 2 is 1.44 bits per heavy atom. The molecular formula is C22H20N2O2S. The molecule has 0 heterocycles. The van der Waals surface area contributed by atoms with Crippen molar-refractivity contribution in [3.8, 4) is 0 Å². The minimum atomic E-state index is -0.651. The zero-order valence-electron chi connectivity index (χ0n) is 15.0. The lowest BCUT2D eigenvalue weighted by molar-refractivity contribution is -0.134. The van der Waals surface area contributed by atoms with Crippen LogP contribution in [0.15, 0.2) is 94.7 Å². The van der Waals surface area contributed by atoms with E-state index in [0.29, 0.717) is 17.9 Å². The number of anilines is 2. The van der Waals surface area contributed by atoms with Gasteiger partial charge in [-0.2, -0.15) is 0 Å². The minimum Gasteiger partial charge on any atom is -0.317 e. The second-order valence-corrected chi connectivity index (χ2v) is 6.87. The molecule has 0 aromatic heterocycles. The summed E-state index contributed by atoms with van der Waals surface area (Å²) in [5.74, 6) is -1.23. The average molecular weight is 376 g/mol. The molecule has 3 aromatic carbocycles. The third-order valence-electron chi connectivity index (χ3n) is 3.93. The highest BCUT2D eigenvalue weighted by Gasteiger charge is 2.22. The van der Waals surface area contributed by atoms with Crippen LogP contribution in [0.2, 0.25) is 0 Å². The molecule has 0 saturated heterocycles. The molecule has 0 aliphatic heterocycles. The molecule has 1 N–H and O–H groups in total. The number of hydrogen-bond acceptors (Lipinski definition) is 3. The van der Waals surface area contributed by atoms with Gasteiger partial charge in [-0.05, 0) is 43.3 Å². The lowest BCUT2D eigenvalue weighted by Gasteiger charge is -2.20. The molecule has 3 rings (SSSR count). The van der Waals surface area contributed by atoms with Gasteiger partial charge in [0.25, 0.3) is 0 Å². The fourth-order valence-electron chi connectivity index (χ4n) is 2.62. The zero-order chi connectivity index (χ0) is 19.1. The lowest BCUT2D eigenvalue weighted by atomic mass is 10.2. The van der Waals surface area contributed by atoms with E-state index in [-0.39, 0.29) is 0 Å². The largest absolute Gasteiger partial charge is 0.317 e. The van der Waals surface area contributed by atoms with Crippen molar-refractivity contribution < 1.29 is 9.59 Å². The van der Waals surface area contributed by atoms with E-state index in [1.165, 1.54) is 16.7 Å². The van der Waals surface area contributed by atoms with Crippen molar-refractivity contribution >= 4 is 35.0 Å². The summed E-state index contributed by atoms with van der Waals surface area (Å²) >= 11 is 1.54. The van der Waals surface area contributed by atoms with Crippen molar-refractivity contribution in [3.05, 3.63) is 84.9 Å². The minimum absolute atomic E-state index is 0.413. The molecule has 0 saturated carbocycles. The van der Waals surface area contributed by atoms with Gasteiger partial charge in [-0.15, -0.1) is 0 Å². The number of carbonyl (C=O) groups excluding carboxylic acids is 2. The number of benzene rings is 3. The van der Waals surface area contributed by atoms with Gasteiger partial charge in [-0.3, -0.25) is 9.59 Å². The molecule has 0 atom stereocenters. The predicted octanol–water partition coefficient (Wildman–Crippen LogP) is 4.83. The van der Waals surface area contributed by atoms with Gasteiger partial charge in [0.2, 0.25) is 0 Å². The standard InChI is InChI=1S/C22H20N2O2S/c1-2-24(17-11-5-3-6-12-17)22(26)21(25)23-19-15-9-10-16-20(19)27-18-13-7-4-8-14-18/h3-16H,2H2,1H3,(H,23,25). The van der Waals surface area contributed by atoms with Gasteiger partial charge in [-0.1, -0.05) is 60.3 Å². The molecule has 0 unspecified atom stereocenters. The van der Waals surface area contributed by atoms with Gasteiger partial charge in [0.1, 0.15) is 0 Å². The number of amides is 2. The second kappa shape index (κ2) is 9.05. The molecule has 5 heteroatoms. The van der Waals surface area contributed by atoms with Gasteiger partial charge in [0, 0.05) is 22.0 Å². The van der Waals surface area contributed by atoms with Crippen molar-refractivity contribution in [2.45, 2.75) is 16.7 Å². The molecule has 27 heavy (non-hydrogen) atoms. The monoisotopic (exact) mass is 376 g/mol. The fourth-order valence-corrected chi connectivity index (χ4v) is 3.55. The van der Waals surface area contributed by atoms with Crippen LogP contribution >= 0.6 is 11.8 Å². The summed E-state index contributed by atoms with van der Waals surface area (Å²) in [4.78, 5) is 28.6. The Morgan fingerprint density at radius 3 is 2.11 bits per heavy atom. The maximum atomic E-state index is 12.7. The van der Waals surface area contributed by atoms with Crippen LogP contribution in [-0.2, 0) is 9.59 Å². The SMILES string of the molecule is CCN(C(=O)C(=O)Nc1ccccc1Sc1ccccc1)c1ccccc1. The maximum absolute atomic E-state index is 12.7. The quantitative estimate of drug-likeness (QED) is 0.649. The highest BCUT2D eigenvalue weighted by molar-refractivity contribution is 7.99. The van der Waals surface area contributed by atoms with Gasteiger partial charge in [0.15, 0.2) is 0 Å². The number of likely N-dealkylation sites (N-methyl/N-ethyl adjacent to an activating group) is 1. The molecule has 0 aliphatic carbocycles. The van der Waals surface area contributed by atoms with Crippen molar-refractivity contribution in [1.29, 1.82) is 0 Å². The van der Waals surface area contributed by atoms with Crippen molar-refractivity contribution in [1.82, 2.24) is 0 Å². The first-order chi connectivity index (χ1) is 13.2. The van der Waals surface area contributed by atoms with Crippen molar-refractivity contribution in [2.24, 2.45) is 0 Å². The molecule has 3 aromatic rings. The van der Waals surface area contributed by atoms with Gasteiger partial charge < -0.3 is 10.2 Å². The van der Waals surface area contributed by atoms with E-state index in [9.17, 15) is 9.59 Å². The molecule has 0 bridgehead atoms. The topological polar surface area (TPSA) is 49.4 Å². The summed E-state index contributed by atoms with van der Waals surface area (Å²) in [6.07, 6.45) is 0. The Morgan fingerprint density at radius 1 is 0.852 bits per heavy atom. The normalized spacial score (nSPS) is 10.3. The first-order valence-corrected chi connectivity index (χ1v) is 9.50. The highest BCUT2D eigenvalue weighted by Crippen LogP contribution is 2.33. The first kappa shape index (κ1) is 18.7. The highest BCUT2D eigenvalue weighted by atomic mass is 32.2. The summed E-state index contributed by atoms with van der Waals surface area (Å²) < 4.78 is 0. The van der Waals surface area contributed by atoms with E-state index >= 15 is 0 Å². The van der Waals surface area contributed by atoms with E-state index in [1.807, 2.05) is 85.8 Å². The Bertz CT molecular complexity index is 914. The van der Waals surface area contributed by atoms with Crippen LogP contribution in [0, 0.1) is 0 Å². The van der Waals surface area contributed by atoms with E-state index in [4.69, 9.17) is 0 Å². The van der Waals surface area contributed by atoms with E-state index < -0.39 is 11.8 Å². The number of hydrogen-bond donors (Lipinski definition) is 1. The van der Waals surface area contributed by atoms with Crippen LogP contribution in [0.5, 0.6) is 0 Å². The lowest BCUT2D eigenvalue weighted by Crippen LogP contribution is -2.39. The average Bonchev–Trinajstić information content (AvgIpc) is 2.71. The zero-order valence-corrected chi connectivity index (χ0v) is 15.8. The summed E-state index contributed by atoms with van der Waals surface area (Å²) in [6.45, 7) is 2.26. The van der Waals surface area contributed by atoms with E-state index in [1.54, 1.807) is 6.07 Å². The Hall–Kier alpha value is -3.05. The molecule has 136 valence electrons. The second-order valence-electron chi connectivity index (χ2n) is 5.75. The van der Waals surface area contributed by atoms with Crippen molar-refractivity contribution in [3.63, 3.8) is 0 Å². The molecule has 2 amide bonds. The third-order valence-corrected chi connectivity index (χ3v) is 5.01. The number of para-hydroxylation sites is 2. The smallest absolute Gasteiger partial charge is 0.316 e. The molecule has 0 spiro atoms. The predicted molar refractivity (Wildman–Crippen MR) is 110 cm³/mol. The number of rotatable bonds is 5. The Kier molecular flexibility index (Phi) is 6.28. The first-order valence-electron chi connectivity index (χ1n) is 8.69. The summed E-state index contributed by atoms with van der Waals surface area (Å²) in [5, 5.41) is 2.76. The van der Waals surface area contributed by atoms with Crippen molar-refractivity contribution in [2.75, 3.05) is 16.8 Å². The van der Waals surface area contributed by atoms with E-state index in [0.717, 1.165) is 9.79 Å². The number of nitrogens with one attached hydrogen (secondary N) is 1. The summed E-state index contributed by atoms with van der Waals surface area (Å²) in [5.41, 5.74) is 1.32. The van der Waals surface area contributed by atoms with E-state index in [2.05, 4.69) is 5.32 Å². The van der Waals surface area contributed by atoms with Crippen LogP contribution in [0.1, 0.15) is 6.92 Å². The van der Waals surface area contributed by atoms with Gasteiger partial charge >= 0.3 is 11.8 Å². The maximum Gasteiger partial charge on any atom is 0.316 e. The van der Waals surface area contributed by atoms with Crippen LogP contribution < -0.4 is 10.2 Å². The Labute approximate surface area is 163 Å². The summed E-state index contributed by atoms with van der Waals surface area (Å²) in [7, 11) is 0. The fraction of sp³-hybridized carbons (Fsp3) is 0.0909. The van der Waals surface area contributed by atoms with Gasteiger partial charge in [0.05, 0.1) is 5.69 Å². The third kappa shape index (κ3) is 4.77. The number of carbonyl (C=O) groups is 2. The van der Waals surface area contributed by atoms with Crippen LogP contribution in [-0.4, -0.2) is 18.4 Å².